The maximum absolute atomic E-state index is 13.3. The van der Waals surface area contributed by atoms with E-state index in [-0.39, 0.29) is 16.9 Å². The summed E-state index contributed by atoms with van der Waals surface area (Å²) in [5.74, 6) is -0.0981. The Bertz CT molecular complexity index is 1190. The van der Waals surface area contributed by atoms with Crippen LogP contribution in [0.1, 0.15) is 52.8 Å². The van der Waals surface area contributed by atoms with Gasteiger partial charge in [0.2, 0.25) is 0 Å². The van der Waals surface area contributed by atoms with E-state index in [1.54, 1.807) is 37.3 Å². The first-order chi connectivity index (χ1) is 16.3. The molecule has 0 spiro atoms. The Morgan fingerprint density at radius 3 is 2.29 bits per heavy atom. The van der Waals surface area contributed by atoms with Crippen LogP contribution >= 0.6 is 0 Å². The predicted molar refractivity (Wildman–Crippen MR) is 123 cm³/mol. The molecule has 34 heavy (non-hydrogen) atoms. The van der Waals surface area contributed by atoms with Crippen molar-refractivity contribution in [2.45, 2.75) is 33.8 Å². The molecular weight excluding hydrogens is 440 g/mol. The molecule has 178 valence electrons. The lowest BCUT2D eigenvalue weighted by Gasteiger charge is -2.15. The zero-order valence-electron chi connectivity index (χ0n) is 19.4. The molecule has 1 heterocycles. The summed E-state index contributed by atoms with van der Waals surface area (Å²) in [6.45, 7) is 7.63. The molecule has 9 nitrogen and oxygen atoms in total. The minimum Gasteiger partial charge on any atom is -0.490 e. The van der Waals surface area contributed by atoms with Gasteiger partial charge in [0.05, 0.1) is 18.8 Å². The molecule has 1 amide bonds. The monoisotopic (exact) mass is 466 g/mol. The van der Waals surface area contributed by atoms with Crippen LogP contribution in [0.4, 0.5) is 5.82 Å². The zero-order valence-corrected chi connectivity index (χ0v) is 19.4. The van der Waals surface area contributed by atoms with Crippen molar-refractivity contribution in [2.75, 3.05) is 18.5 Å². The van der Waals surface area contributed by atoms with Gasteiger partial charge in [0.1, 0.15) is 5.76 Å². The van der Waals surface area contributed by atoms with Crippen LogP contribution in [0.25, 0.3) is 0 Å². The number of benzene rings is 2. The van der Waals surface area contributed by atoms with Crippen LogP contribution in [-0.2, 0) is 9.53 Å². The van der Waals surface area contributed by atoms with E-state index in [2.05, 4.69) is 10.5 Å². The number of esters is 1. The maximum Gasteiger partial charge on any atom is 0.339 e. The lowest BCUT2D eigenvalue weighted by atomic mass is 9.98. The number of ether oxygens (including phenoxy) is 3. The van der Waals surface area contributed by atoms with E-state index in [0.717, 1.165) is 0 Å². The molecule has 9 heteroatoms. The maximum atomic E-state index is 13.3. The number of aryl methyl sites for hydroxylation is 1. The summed E-state index contributed by atoms with van der Waals surface area (Å²) in [5.41, 5.74) is 0.495. The molecule has 1 N–H and O–H groups in total. The van der Waals surface area contributed by atoms with Gasteiger partial charge in [-0.1, -0.05) is 23.4 Å². The van der Waals surface area contributed by atoms with Crippen LogP contribution in [0.15, 0.2) is 53.1 Å². The summed E-state index contributed by atoms with van der Waals surface area (Å²) in [7, 11) is 0. The first-order valence-electron chi connectivity index (χ1n) is 10.8. The molecule has 0 fully saturated rings. The summed E-state index contributed by atoms with van der Waals surface area (Å²) >= 11 is 0. The molecular formula is C25H26N2O7. The minimum absolute atomic E-state index is 0.0382. The van der Waals surface area contributed by atoms with Gasteiger partial charge in [-0.2, -0.15) is 0 Å². The number of aromatic nitrogens is 1. The fourth-order valence-corrected chi connectivity index (χ4v) is 3.14. The molecule has 3 aromatic rings. The Morgan fingerprint density at radius 1 is 0.971 bits per heavy atom. The second-order valence-electron chi connectivity index (χ2n) is 7.26. The second kappa shape index (κ2) is 11.1. The third-order valence-electron chi connectivity index (χ3n) is 4.73. The SMILES string of the molecule is CCOc1ccc(C(=O)c2ccccc2C(=O)OC(C)C(=O)Nc2cc(C)on2)cc1OCC. The number of anilines is 1. The number of nitrogens with zero attached hydrogens (tertiary/aromatic N) is 1. The molecule has 2 aromatic carbocycles. The van der Waals surface area contributed by atoms with Gasteiger partial charge in [0.25, 0.3) is 5.91 Å². The van der Waals surface area contributed by atoms with Crippen LogP contribution in [-0.4, -0.2) is 42.1 Å². The largest absolute Gasteiger partial charge is 0.490 e. The van der Waals surface area contributed by atoms with Gasteiger partial charge < -0.3 is 24.1 Å². The topological polar surface area (TPSA) is 117 Å². The van der Waals surface area contributed by atoms with Gasteiger partial charge in [-0.3, -0.25) is 9.59 Å². The van der Waals surface area contributed by atoms with E-state index in [9.17, 15) is 14.4 Å². The van der Waals surface area contributed by atoms with Crippen LogP contribution < -0.4 is 14.8 Å². The van der Waals surface area contributed by atoms with Gasteiger partial charge in [-0.05, 0) is 52.0 Å². The lowest BCUT2D eigenvalue weighted by Crippen LogP contribution is -2.30. The average molecular weight is 466 g/mol. The molecule has 0 aliphatic heterocycles. The van der Waals surface area contributed by atoms with Crippen molar-refractivity contribution in [2.24, 2.45) is 0 Å². The molecule has 0 saturated heterocycles. The number of amides is 1. The van der Waals surface area contributed by atoms with Gasteiger partial charge in [0, 0.05) is 17.2 Å². The Hall–Kier alpha value is -4.14. The van der Waals surface area contributed by atoms with Crippen molar-refractivity contribution >= 4 is 23.5 Å². The van der Waals surface area contributed by atoms with Crippen molar-refractivity contribution in [3.63, 3.8) is 0 Å². The van der Waals surface area contributed by atoms with Gasteiger partial charge in [-0.25, -0.2) is 4.79 Å². The first kappa shape index (κ1) is 24.5. The quantitative estimate of drug-likeness (QED) is 0.349. The van der Waals surface area contributed by atoms with E-state index in [4.69, 9.17) is 18.7 Å². The third kappa shape index (κ3) is 5.80. The Labute approximate surface area is 197 Å². The minimum atomic E-state index is -1.14. The molecule has 0 bridgehead atoms. The number of carbonyl (C=O) groups excluding carboxylic acids is 3. The third-order valence-corrected chi connectivity index (χ3v) is 4.73. The summed E-state index contributed by atoms with van der Waals surface area (Å²) < 4.78 is 21.3. The number of hydrogen-bond acceptors (Lipinski definition) is 8. The van der Waals surface area contributed by atoms with E-state index < -0.39 is 23.8 Å². The Balaban J connectivity index is 1.79. The second-order valence-corrected chi connectivity index (χ2v) is 7.26. The highest BCUT2D eigenvalue weighted by molar-refractivity contribution is 6.15. The van der Waals surface area contributed by atoms with Crippen molar-refractivity contribution in [3.8, 4) is 11.5 Å². The number of ketones is 1. The molecule has 0 aliphatic carbocycles. The highest BCUT2D eigenvalue weighted by atomic mass is 16.5. The zero-order chi connectivity index (χ0) is 24.7. The van der Waals surface area contributed by atoms with Crippen molar-refractivity contribution in [1.82, 2.24) is 5.16 Å². The summed E-state index contributed by atoms with van der Waals surface area (Å²) in [6, 6.07) is 12.6. The van der Waals surface area contributed by atoms with Gasteiger partial charge in [-0.15, -0.1) is 0 Å². The highest BCUT2D eigenvalue weighted by Crippen LogP contribution is 2.30. The normalized spacial score (nSPS) is 11.4. The Morgan fingerprint density at radius 2 is 1.65 bits per heavy atom. The van der Waals surface area contributed by atoms with Gasteiger partial charge >= 0.3 is 5.97 Å². The molecule has 0 radical (unpaired) electrons. The predicted octanol–water partition coefficient (Wildman–Crippen LogP) is 4.20. The van der Waals surface area contributed by atoms with Crippen LogP contribution in [0.2, 0.25) is 0 Å². The average Bonchev–Trinajstić information content (AvgIpc) is 3.24. The molecule has 3 rings (SSSR count). The van der Waals surface area contributed by atoms with E-state index in [1.165, 1.54) is 25.1 Å². The summed E-state index contributed by atoms with van der Waals surface area (Å²) in [5, 5.41) is 6.18. The molecule has 0 aliphatic rings. The Kier molecular flexibility index (Phi) is 8.02. The molecule has 0 saturated carbocycles. The van der Waals surface area contributed by atoms with Gasteiger partial charge in [0.15, 0.2) is 29.2 Å². The highest BCUT2D eigenvalue weighted by Gasteiger charge is 2.24. The molecule has 1 aromatic heterocycles. The van der Waals surface area contributed by atoms with Crippen molar-refractivity contribution < 1.29 is 33.1 Å². The fourth-order valence-electron chi connectivity index (χ4n) is 3.14. The summed E-state index contributed by atoms with van der Waals surface area (Å²) in [4.78, 5) is 38.5. The van der Waals surface area contributed by atoms with E-state index in [0.29, 0.717) is 36.0 Å². The fraction of sp³-hybridized carbons (Fsp3) is 0.280. The first-order valence-corrected chi connectivity index (χ1v) is 10.8. The van der Waals surface area contributed by atoms with Crippen molar-refractivity contribution in [1.29, 1.82) is 0 Å². The van der Waals surface area contributed by atoms with E-state index in [1.807, 2.05) is 13.8 Å². The number of nitrogens with one attached hydrogen (secondary N) is 1. The number of carbonyl (C=O) groups is 3. The standard InChI is InChI=1S/C25H26N2O7/c1-5-31-20-12-11-17(14-21(20)32-6-2)23(28)18-9-7-8-10-19(18)25(30)33-16(4)24(29)26-22-13-15(3)34-27-22/h7-14,16H,5-6H2,1-4H3,(H,26,27,29). The van der Waals surface area contributed by atoms with Crippen molar-refractivity contribution in [3.05, 3.63) is 71.0 Å². The number of hydrogen-bond donors (Lipinski definition) is 1. The van der Waals surface area contributed by atoms with E-state index >= 15 is 0 Å². The van der Waals surface area contributed by atoms with Crippen LogP contribution in [0.3, 0.4) is 0 Å². The van der Waals surface area contributed by atoms with Crippen LogP contribution in [0.5, 0.6) is 11.5 Å². The van der Waals surface area contributed by atoms with Crippen LogP contribution in [0, 0.1) is 6.92 Å². The number of rotatable bonds is 10. The molecule has 1 atom stereocenters. The smallest absolute Gasteiger partial charge is 0.339 e. The lowest BCUT2D eigenvalue weighted by molar-refractivity contribution is -0.123. The molecule has 1 unspecified atom stereocenters. The summed E-state index contributed by atoms with van der Waals surface area (Å²) in [6.07, 6.45) is -1.14.